The average molecular weight is 281 g/mol. The van der Waals surface area contributed by atoms with Crippen molar-refractivity contribution in [2.45, 2.75) is 25.0 Å². The van der Waals surface area contributed by atoms with Crippen molar-refractivity contribution in [1.29, 1.82) is 0 Å². The topological polar surface area (TPSA) is 12.5 Å². The minimum absolute atomic E-state index is 0.0435. The van der Waals surface area contributed by atoms with Gasteiger partial charge in [-0.15, -0.1) is 0 Å². The maximum atomic E-state index is 5.73. The number of rotatable bonds is 5. The highest BCUT2D eigenvalue weighted by atomic mass is 16.5. The molecule has 21 heavy (non-hydrogen) atoms. The molecule has 0 spiro atoms. The molecule has 0 unspecified atom stereocenters. The highest BCUT2D eigenvalue weighted by Crippen LogP contribution is 2.38. The van der Waals surface area contributed by atoms with Crippen molar-refractivity contribution in [3.63, 3.8) is 0 Å². The van der Waals surface area contributed by atoms with Crippen molar-refractivity contribution in [1.82, 2.24) is 4.90 Å². The van der Waals surface area contributed by atoms with Crippen molar-refractivity contribution in [2.24, 2.45) is 0 Å². The lowest BCUT2D eigenvalue weighted by atomic mass is 9.85. The van der Waals surface area contributed by atoms with E-state index in [9.17, 15) is 0 Å². The van der Waals surface area contributed by atoms with Gasteiger partial charge in [0.15, 0.2) is 0 Å². The molecule has 2 heteroatoms. The third-order valence-electron chi connectivity index (χ3n) is 4.66. The predicted molar refractivity (Wildman–Crippen MR) is 86.3 cm³/mol. The molecule has 0 amide bonds. The number of nitrogens with zero attached hydrogens (tertiary/aromatic N) is 1. The fraction of sp³-hybridized carbons (Fsp3) is 0.368. The first-order valence-electron chi connectivity index (χ1n) is 7.67. The quantitative estimate of drug-likeness (QED) is 0.824. The van der Waals surface area contributed by atoms with E-state index in [0.717, 1.165) is 19.5 Å². The molecule has 2 aromatic rings. The number of ether oxygens (including phenoxy) is 1. The van der Waals surface area contributed by atoms with E-state index in [1.807, 2.05) is 7.11 Å². The summed E-state index contributed by atoms with van der Waals surface area (Å²) in [5.74, 6) is 0. The SMILES string of the molecule is CCC1(OC)CN(C(c2ccccc2)c2ccccc2)C1. The van der Waals surface area contributed by atoms with Gasteiger partial charge in [0.25, 0.3) is 0 Å². The van der Waals surface area contributed by atoms with Crippen LogP contribution in [0.15, 0.2) is 60.7 Å². The maximum absolute atomic E-state index is 5.73. The van der Waals surface area contributed by atoms with Crippen molar-refractivity contribution >= 4 is 0 Å². The van der Waals surface area contributed by atoms with Gasteiger partial charge in [0.05, 0.1) is 11.6 Å². The van der Waals surface area contributed by atoms with Crippen LogP contribution in [-0.4, -0.2) is 30.7 Å². The van der Waals surface area contributed by atoms with E-state index in [0.29, 0.717) is 6.04 Å². The molecule has 1 aliphatic heterocycles. The fourth-order valence-corrected chi connectivity index (χ4v) is 3.26. The Morgan fingerprint density at radius 3 is 1.81 bits per heavy atom. The van der Waals surface area contributed by atoms with Gasteiger partial charge < -0.3 is 4.74 Å². The third-order valence-corrected chi connectivity index (χ3v) is 4.66. The van der Waals surface area contributed by atoms with Gasteiger partial charge in [-0.25, -0.2) is 0 Å². The fourth-order valence-electron chi connectivity index (χ4n) is 3.26. The molecule has 1 fully saturated rings. The third kappa shape index (κ3) is 2.74. The summed E-state index contributed by atoms with van der Waals surface area (Å²) >= 11 is 0. The number of likely N-dealkylation sites (tertiary alicyclic amines) is 1. The lowest BCUT2D eigenvalue weighted by Gasteiger charge is -2.52. The van der Waals surface area contributed by atoms with Crippen LogP contribution in [0.3, 0.4) is 0 Å². The highest BCUT2D eigenvalue weighted by Gasteiger charge is 2.45. The zero-order valence-electron chi connectivity index (χ0n) is 12.8. The molecule has 3 rings (SSSR count). The van der Waals surface area contributed by atoms with E-state index in [1.165, 1.54) is 11.1 Å². The molecule has 0 saturated carbocycles. The second-order valence-electron chi connectivity index (χ2n) is 5.87. The Labute approximate surface area is 127 Å². The van der Waals surface area contributed by atoms with Gasteiger partial charge in [-0.05, 0) is 17.5 Å². The number of benzene rings is 2. The summed E-state index contributed by atoms with van der Waals surface area (Å²) in [7, 11) is 1.83. The van der Waals surface area contributed by atoms with E-state index >= 15 is 0 Å². The molecule has 0 atom stereocenters. The van der Waals surface area contributed by atoms with Crippen LogP contribution in [0.5, 0.6) is 0 Å². The first-order chi connectivity index (χ1) is 10.3. The number of hydrogen-bond acceptors (Lipinski definition) is 2. The molecule has 1 heterocycles. The van der Waals surface area contributed by atoms with Gasteiger partial charge in [-0.2, -0.15) is 0 Å². The Bertz CT molecular complexity index is 515. The summed E-state index contributed by atoms with van der Waals surface area (Å²) < 4.78 is 5.73. The summed E-state index contributed by atoms with van der Waals surface area (Å²) in [6.07, 6.45) is 1.07. The Hall–Kier alpha value is -1.64. The number of methoxy groups -OCH3 is 1. The van der Waals surface area contributed by atoms with Crippen LogP contribution in [0, 0.1) is 0 Å². The molecule has 0 N–H and O–H groups in total. The molecule has 2 aromatic carbocycles. The summed E-state index contributed by atoms with van der Waals surface area (Å²) in [5.41, 5.74) is 2.75. The Kier molecular flexibility index (Phi) is 4.09. The Morgan fingerprint density at radius 1 is 0.952 bits per heavy atom. The normalized spacial score (nSPS) is 17.7. The van der Waals surface area contributed by atoms with Crippen molar-refractivity contribution in [3.8, 4) is 0 Å². The molecule has 0 bridgehead atoms. The van der Waals surface area contributed by atoms with E-state index in [1.54, 1.807) is 0 Å². The molecule has 1 saturated heterocycles. The largest absolute Gasteiger partial charge is 0.376 e. The van der Waals surface area contributed by atoms with Crippen LogP contribution in [0.2, 0.25) is 0 Å². The smallest absolute Gasteiger partial charge is 0.0929 e. The van der Waals surface area contributed by atoms with Gasteiger partial charge in [0.2, 0.25) is 0 Å². The minimum Gasteiger partial charge on any atom is -0.376 e. The van der Waals surface area contributed by atoms with Crippen LogP contribution in [0.25, 0.3) is 0 Å². The minimum atomic E-state index is 0.0435. The summed E-state index contributed by atoms with van der Waals surface area (Å²) in [6, 6.07) is 21.8. The van der Waals surface area contributed by atoms with Crippen LogP contribution < -0.4 is 0 Å². The van der Waals surface area contributed by atoms with E-state index in [2.05, 4.69) is 72.5 Å². The molecule has 0 aliphatic carbocycles. The Morgan fingerprint density at radius 2 is 1.43 bits per heavy atom. The van der Waals surface area contributed by atoms with E-state index < -0.39 is 0 Å². The molecule has 0 aromatic heterocycles. The van der Waals surface area contributed by atoms with Crippen molar-refractivity contribution < 1.29 is 4.74 Å². The second-order valence-corrected chi connectivity index (χ2v) is 5.87. The van der Waals surface area contributed by atoms with Crippen LogP contribution in [0.1, 0.15) is 30.5 Å². The zero-order chi connectivity index (χ0) is 14.7. The average Bonchev–Trinajstić information content (AvgIpc) is 2.52. The first-order valence-corrected chi connectivity index (χ1v) is 7.67. The molecule has 110 valence electrons. The van der Waals surface area contributed by atoms with E-state index in [-0.39, 0.29) is 5.60 Å². The molecule has 2 nitrogen and oxygen atoms in total. The van der Waals surface area contributed by atoms with Gasteiger partial charge in [-0.3, -0.25) is 4.90 Å². The van der Waals surface area contributed by atoms with Crippen LogP contribution >= 0.6 is 0 Å². The van der Waals surface area contributed by atoms with Gasteiger partial charge in [0, 0.05) is 20.2 Å². The lowest BCUT2D eigenvalue weighted by Crippen LogP contribution is -2.63. The molecule has 0 radical (unpaired) electrons. The number of hydrogen-bond donors (Lipinski definition) is 0. The standard InChI is InChI=1S/C19H23NO/c1-3-19(21-2)14-20(15-19)18(16-10-6-4-7-11-16)17-12-8-5-9-13-17/h4-13,18H,3,14-15H2,1-2H3. The first kappa shape index (κ1) is 14.3. The highest BCUT2D eigenvalue weighted by molar-refractivity contribution is 5.33. The monoisotopic (exact) mass is 281 g/mol. The second kappa shape index (κ2) is 6.00. The van der Waals surface area contributed by atoms with Crippen molar-refractivity contribution in [2.75, 3.05) is 20.2 Å². The predicted octanol–water partition coefficient (Wildman–Crippen LogP) is 3.89. The van der Waals surface area contributed by atoms with Crippen LogP contribution in [-0.2, 0) is 4.74 Å². The van der Waals surface area contributed by atoms with Gasteiger partial charge in [0.1, 0.15) is 0 Å². The van der Waals surface area contributed by atoms with Gasteiger partial charge >= 0.3 is 0 Å². The summed E-state index contributed by atoms with van der Waals surface area (Å²) in [6.45, 7) is 4.20. The summed E-state index contributed by atoms with van der Waals surface area (Å²) in [5, 5.41) is 0. The zero-order valence-corrected chi connectivity index (χ0v) is 12.8. The molecular weight excluding hydrogens is 258 g/mol. The Balaban J connectivity index is 1.89. The molecular formula is C19H23NO. The maximum Gasteiger partial charge on any atom is 0.0929 e. The molecule has 1 aliphatic rings. The lowest BCUT2D eigenvalue weighted by molar-refractivity contribution is -0.136. The van der Waals surface area contributed by atoms with E-state index in [4.69, 9.17) is 4.74 Å². The van der Waals surface area contributed by atoms with Crippen LogP contribution in [0.4, 0.5) is 0 Å². The summed E-state index contributed by atoms with van der Waals surface area (Å²) in [4.78, 5) is 2.51. The van der Waals surface area contributed by atoms with Gasteiger partial charge in [-0.1, -0.05) is 67.6 Å². The van der Waals surface area contributed by atoms with Crippen molar-refractivity contribution in [3.05, 3.63) is 71.8 Å².